The fraction of sp³-hybridized carbons (Fsp3) is 0.581. The first-order valence-corrected chi connectivity index (χ1v) is 14.2. The number of imide groups is 1. The minimum atomic E-state index is -0.169. The molecular weight excluding hydrogens is 460 g/mol. The van der Waals surface area contributed by atoms with Crippen LogP contribution in [0, 0.1) is 28.6 Å². The number of amides is 2. The van der Waals surface area contributed by atoms with Crippen LogP contribution in [0.1, 0.15) is 46.5 Å². The minimum absolute atomic E-state index is 0.0862. The number of carbonyl (C=O) groups is 2. The molecule has 6 nitrogen and oxygen atoms in total. The van der Waals surface area contributed by atoms with Crippen molar-refractivity contribution in [3.05, 3.63) is 48.6 Å². The van der Waals surface area contributed by atoms with E-state index in [9.17, 15) is 9.59 Å². The molecule has 6 heteroatoms. The fourth-order valence-electron chi connectivity index (χ4n) is 7.55. The van der Waals surface area contributed by atoms with E-state index in [1.165, 1.54) is 5.39 Å². The number of benzene rings is 1. The molecule has 0 radical (unpaired) electrons. The van der Waals surface area contributed by atoms with Crippen LogP contribution in [0.3, 0.4) is 0 Å². The number of allylic oxidation sites excluding steroid dienone is 2. The maximum absolute atomic E-state index is 13.6. The van der Waals surface area contributed by atoms with Crippen molar-refractivity contribution >= 4 is 28.5 Å². The van der Waals surface area contributed by atoms with Gasteiger partial charge in [0, 0.05) is 43.5 Å². The molecule has 0 N–H and O–H groups in total. The van der Waals surface area contributed by atoms with Crippen molar-refractivity contribution in [1.29, 1.82) is 0 Å². The average molecular weight is 501 g/mol. The first kappa shape index (κ1) is 24.6. The minimum Gasteiger partial charge on any atom is -0.354 e. The molecule has 2 amide bonds. The van der Waals surface area contributed by atoms with Crippen molar-refractivity contribution in [2.75, 3.05) is 44.2 Å². The monoisotopic (exact) mass is 500 g/mol. The first-order valence-electron chi connectivity index (χ1n) is 14.2. The summed E-state index contributed by atoms with van der Waals surface area (Å²) >= 11 is 0. The maximum atomic E-state index is 13.6. The van der Waals surface area contributed by atoms with E-state index in [-0.39, 0.29) is 34.5 Å². The van der Waals surface area contributed by atoms with Gasteiger partial charge in [-0.15, -0.1) is 0 Å². The summed E-state index contributed by atoms with van der Waals surface area (Å²) in [6.07, 6.45) is 8.47. The van der Waals surface area contributed by atoms with Crippen LogP contribution in [0.2, 0.25) is 0 Å². The summed E-state index contributed by atoms with van der Waals surface area (Å²) in [6.45, 7) is 12.2. The highest BCUT2D eigenvalue weighted by atomic mass is 16.2. The lowest BCUT2D eigenvalue weighted by Gasteiger charge is -2.55. The summed E-state index contributed by atoms with van der Waals surface area (Å²) in [6, 6.07) is 12.6. The molecule has 4 atom stereocenters. The van der Waals surface area contributed by atoms with Crippen molar-refractivity contribution in [1.82, 2.24) is 14.8 Å². The Morgan fingerprint density at radius 1 is 0.892 bits per heavy atom. The lowest BCUT2D eigenvalue weighted by Crippen LogP contribution is -2.53. The van der Waals surface area contributed by atoms with E-state index in [0.29, 0.717) is 12.5 Å². The van der Waals surface area contributed by atoms with Gasteiger partial charge in [0.1, 0.15) is 5.82 Å². The third-order valence-electron chi connectivity index (χ3n) is 10.0. The second kappa shape index (κ2) is 9.23. The number of nitrogens with zero attached hydrogens (tertiary/aromatic N) is 4. The number of aromatic nitrogens is 1. The van der Waals surface area contributed by atoms with E-state index in [1.54, 1.807) is 4.90 Å². The molecule has 3 heterocycles. The Balaban J connectivity index is 1.01. The van der Waals surface area contributed by atoms with Crippen LogP contribution in [-0.4, -0.2) is 65.9 Å². The zero-order valence-electron chi connectivity index (χ0n) is 22.5. The molecule has 1 saturated carbocycles. The highest BCUT2D eigenvalue weighted by Gasteiger charge is 2.66. The first-order chi connectivity index (χ1) is 17.8. The smallest absolute Gasteiger partial charge is 0.234 e. The molecule has 2 bridgehead atoms. The van der Waals surface area contributed by atoms with Gasteiger partial charge >= 0.3 is 0 Å². The molecule has 2 aromatic rings. The van der Waals surface area contributed by atoms with Gasteiger partial charge in [-0.2, -0.15) is 0 Å². The van der Waals surface area contributed by atoms with Crippen molar-refractivity contribution in [2.45, 2.75) is 46.5 Å². The van der Waals surface area contributed by atoms with Crippen molar-refractivity contribution in [3.8, 4) is 0 Å². The Hall–Kier alpha value is -2.73. The Morgan fingerprint density at radius 3 is 2.35 bits per heavy atom. The highest BCUT2D eigenvalue weighted by Crippen LogP contribution is 2.64. The molecule has 2 saturated heterocycles. The maximum Gasteiger partial charge on any atom is 0.234 e. The molecule has 1 aromatic heterocycles. The van der Waals surface area contributed by atoms with Gasteiger partial charge in [-0.05, 0) is 61.8 Å². The number of hydrogen-bond donors (Lipinski definition) is 0. The molecule has 37 heavy (non-hydrogen) atoms. The summed E-state index contributed by atoms with van der Waals surface area (Å²) in [5.74, 6) is 1.26. The topological polar surface area (TPSA) is 56.8 Å². The van der Waals surface area contributed by atoms with E-state index in [1.807, 2.05) is 6.07 Å². The van der Waals surface area contributed by atoms with Gasteiger partial charge in [-0.1, -0.05) is 51.1 Å². The Labute approximate surface area is 220 Å². The number of pyridine rings is 1. The van der Waals surface area contributed by atoms with Crippen molar-refractivity contribution < 1.29 is 9.59 Å². The number of fused-ring (bicyclic) bond motifs is 2. The standard InChI is InChI=1S/C31H40N4O2/c1-22(2)31-14-12-30(3,13-15-31)26-27(31)29(37)35(28(26)36)17-7-6-16-33-18-20-34(21-19-33)25-11-10-23-8-4-5-9-24(23)32-25/h4-5,8-12,14,22,26-27H,6-7,13,15-21H2,1-3H3. The molecule has 5 aliphatic rings. The number of hydrogen-bond acceptors (Lipinski definition) is 5. The summed E-state index contributed by atoms with van der Waals surface area (Å²) in [4.78, 5) is 38.5. The van der Waals surface area contributed by atoms with Crippen LogP contribution >= 0.6 is 0 Å². The molecule has 7 rings (SSSR count). The normalized spacial score (nSPS) is 31.7. The van der Waals surface area contributed by atoms with Gasteiger partial charge in [0.25, 0.3) is 0 Å². The zero-order valence-corrected chi connectivity index (χ0v) is 22.5. The predicted octanol–water partition coefficient (Wildman–Crippen LogP) is 4.75. The largest absolute Gasteiger partial charge is 0.354 e. The number of carbonyl (C=O) groups excluding carboxylic acids is 2. The van der Waals surface area contributed by atoms with E-state index in [2.05, 4.69) is 73.1 Å². The zero-order chi connectivity index (χ0) is 25.8. The average Bonchev–Trinajstić information content (AvgIpc) is 3.19. The third-order valence-corrected chi connectivity index (χ3v) is 10.0. The summed E-state index contributed by atoms with van der Waals surface area (Å²) in [5, 5.41) is 1.18. The molecule has 196 valence electrons. The van der Waals surface area contributed by atoms with E-state index in [0.717, 1.165) is 69.7 Å². The SMILES string of the molecule is CC(C)C12C=CC(C)(CC1)C1C(=O)N(CCCCN3CCN(c4ccc5ccccc5n4)CC3)C(=O)C12. The third kappa shape index (κ3) is 3.99. The molecule has 2 aliphatic heterocycles. The van der Waals surface area contributed by atoms with E-state index >= 15 is 0 Å². The summed E-state index contributed by atoms with van der Waals surface area (Å²) in [5.41, 5.74) is 0.733. The van der Waals surface area contributed by atoms with Gasteiger partial charge in [0.2, 0.25) is 11.8 Å². The molecular formula is C31H40N4O2. The summed E-state index contributed by atoms with van der Waals surface area (Å²) < 4.78 is 0. The van der Waals surface area contributed by atoms with Crippen LogP contribution in [0.25, 0.3) is 10.9 Å². The quantitative estimate of drug-likeness (QED) is 0.312. The van der Waals surface area contributed by atoms with Crippen LogP contribution < -0.4 is 4.90 Å². The second-order valence-corrected chi connectivity index (χ2v) is 12.3. The van der Waals surface area contributed by atoms with Crippen LogP contribution in [0.5, 0.6) is 0 Å². The molecule has 0 spiro atoms. The highest BCUT2D eigenvalue weighted by molar-refractivity contribution is 6.06. The van der Waals surface area contributed by atoms with Gasteiger partial charge < -0.3 is 4.90 Å². The number of para-hydroxylation sites is 1. The number of anilines is 1. The fourth-order valence-corrected chi connectivity index (χ4v) is 7.55. The van der Waals surface area contributed by atoms with E-state index in [4.69, 9.17) is 4.98 Å². The predicted molar refractivity (Wildman–Crippen MR) is 147 cm³/mol. The lowest BCUT2D eigenvalue weighted by atomic mass is 9.46. The Morgan fingerprint density at radius 2 is 1.62 bits per heavy atom. The number of unbranched alkanes of at least 4 members (excludes halogenated alkanes) is 1. The molecule has 3 fully saturated rings. The van der Waals surface area contributed by atoms with Gasteiger partial charge in [0.05, 0.1) is 17.4 Å². The number of piperazine rings is 1. The van der Waals surface area contributed by atoms with Crippen LogP contribution in [-0.2, 0) is 9.59 Å². The van der Waals surface area contributed by atoms with Crippen molar-refractivity contribution in [2.24, 2.45) is 28.6 Å². The van der Waals surface area contributed by atoms with Gasteiger partial charge in [-0.25, -0.2) is 4.98 Å². The molecule has 3 aliphatic carbocycles. The number of likely N-dealkylation sites (tertiary alicyclic amines) is 1. The van der Waals surface area contributed by atoms with Gasteiger partial charge in [0.15, 0.2) is 0 Å². The Kier molecular flexibility index (Phi) is 6.14. The lowest BCUT2D eigenvalue weighted by molar-refractivity contribution is -0.140. The van der Waals surface area contributed by atoms with Crippen LogP contribution in [0.4, 0.5) is 5.82 Å². The Bertz CT molecular complexity index is 1230. The van der Waals surface area contributed by atoms with Gasteiger partial charge in [-0.3, -0.25) is 19.4 Å². The molecule has 1 aromatic carbocycles. The van der Waals surface area contributed by atoms with E-state index < -0.39 is 0 Å². The summed E-state index contributed by atoms with van der Waals surface area (Å²) in [7, 11) is 0. The molecule has 4 unspecified atom stereocenters. The van der Waals surface area contributed by atoms with Crippen LogP contribution in [0.15, 0.2) is 48.6 Å². The second-order valence-electron chi connectivity index (χ2n) is 12.3. The number of rotatable bonds is 7. The van der Waals surface area contributed by atoms with Crippen molar-refractivity contribution in [3.63, 3.8) is 0 Å².